The van der Waals surface area contributed by atoms with E-state index in [0.717, 1.165) is 0 Å². The number of nitrogens with one attached hydrogen (secondary N) is 1. The van der Waals surface area contributed by atoms with Gasteiger partial charge in [-0.25, -0.2) is 4.79 Å². The molecule has 21 heavy (non-hydrogen) atoms. The summed E-state index contributed by atoms with van der Waals surface area (Å²) in [4.78, 5) is 46.1. The molecular weight excluding hydrogens is 278 g/mol. The largest absolute Gasteiger partial charge is 0.469 e. The van der Waals surface area contributed by atoms with Crippen LogP contribution in [-0.4, -0.2) is 43.9 Å². The van der Waals surface area contributed by atoms with Crippen LogP contribution in [0.5, 0.6) is 0 Å². The van der Waals surface area contributed by atoms with Crippen molar-refractivity contribution in [3.8, 4) is 0 Å². The second-order valence-electron chi connectivity index (χ2n) is 5.04. The molecule has 0 aromatic carbocycles. The number of hydrogen-bond donors (Lipinski definition) is 1. The van der Waals surface area contributed by atoms with Crippen LogP contribution in [0.2, 0.25) is 0 Å². The van der Waals surface area contributed by atoms with Crippen molar-refractivity contribution in [2.24, 2.45) is 5.92 Å². The Labute approximate surface area is 123 Å². The number of hydrogen-bond acceptors (Lipinski definition) is 6. The molecule has 0 radical (unpaired) electrons. The molecule has 7 heteroatoms. The number of carbonyl (C=O) groups is 4. The lowest BCUT2D eigenvalue weighted by Gasteiger charge is -2.28. The minimum absolute atomic E-state index is 0.0557. The lowest BCUT2D eigenvalue weighted by atomic mass is 9.83. The van der Waals surface area contributed by atoms with Gasteiger partial charge >= 0.3 is 11.9 Å². The van der Waals surface area contributed by atoms with Crippen molar-refractivity contribution in [1.82, 2.24) is 5.32 Å². The third-order valence-corrected chi connectivity index (χ3v) is 3.55. The summed E-state index contributed by atoms with van der Waals surface area (Å²) in [5, 5.41) is 2.56. The van der Waals surface area contributed by atoms with Crippen molar-refractivity contribution in [1.29, 1.82) is 0 Å². The van der Waals surface area contributed by atoms with Crippen LogP contribution in [0, 0.1) is 5.92 Å². The third kappa shape index (κ3) is 5.53. The van der Waals surface area contributed by atoms with Crippen LogP contribution in [0.4, 0.5) is 0 Å². The van der Waals surface area contributed by atoms with E-state index < -0.39 is 23.9 Å². The predicted molar refractivity (Wildman–Crippen MR) is 72.2 cm³/mol. The molecule has 1 fully saturated rings. The SMILES string of the molecule is COC(=O)CCC(=O)N[C@H](C(=O)OC)[C@@H]1CCCC(=O)C1. The average molecular weight is 299 g/mol. The van der Waals surface area contributed by atoms with Crippen LogP contribution in [-0.2, 0) is 28.7 Å². The fourth-order valence-corrected chi connectivity index (χ4v) is 2.40. The van der Waals surface area contributed by atoms with E-state index in [1.165, 1.54) is 14.2 Å². The number of ether oxygens (including phenoxy) is 2. The molecule has 1 aliphatic rings. The molecule has 0 aromatic rings. The number of amides is 1. The van der Waals surface area contributed by atoms with Gasteiger partial charge in [-0.15, -0.1) is 0 Å². The zero-order chi connectivity index (χ0) is 15.8. The number of ketones is 1. The highest BCUT2D eigenvalue weighted by Crippen LogP contribution is 2.25. The molecule has 1 saturated carbocycles. The number of carbonyl (C=O) groups excluding carboxylic acids is 4. The van der Waals surface area contributed by atoms with E-state index in [1.807, 2.05) is 0 Å². The summed E-state index contributed by atoms with van der Waals surface area (Å²) in [6.45, 7) is 0. The van der Waals surface area contributed by atoms with E-state index in [9.17, 15) is 19.2 Å². The number of Topliss-reactive ketones (excluding diaryl/α,β-unsaturated/α-hetero) is 1. The highest BCUT2D eigenvalue weighted by molar-refractivity contribution is 5.87. The van der Waals surface area contributed by atoms with E-state index >= 15 is 0 Å². The highest BCUT2D eigenvalue weighted by atomic mass is 16.5. The molecule has 1 rings (SSSR count). The summed E-state index contributed by atoms with van der Waals surface area (Å²) in [7, 11) is 2.48. The molecule has 1 amide bonds. The molecule has 0 spiro atoms. The van der Waals surface area contributed by atoms with Crippen LogP contribution >= 0.6 is 0 Å². The molecule has 2 atom stereocenters. The Bertz CT molecular complexity index is 420. The maximum absolute atomic E-state index is 11.8. The molecule has 0 saturated heterocycles. The van der Waals surface area contributed by atoms with Gasteiger partial charge in [0.05, 0.1) is 20.6 Å². The van der Waals surface area contributed by atoms with Gasteiger partial charge in [0.1, 0.15) is 11.8 Å². The smallest absolute Gasteiger partial charge is 0.328 e. The molecule has 1 N–H and O–H groups in total. The second-order valence-corrected chi connectivity index (χ2v) is 5.04. The Morgan fingerprint density at radius 3 is 2.52 bits per heavy atom. The van der Waals surface area contributed by atoms with E-state index in [4.69, 9.17) is 4.74 Å². The molecule has 0 bridgehead atoms. The maximum Gasteiger partial charge on any atom is 0.328 e. The Balaban J connectivity index is 2.61. The van der Waals surface area contributed by atoms with Gasteiger partial charge in [0.25, 0.3) is 0 Å². The Hall–Kier alpha value is -1.92. The normalized spacial score (nSPS) is 19.5. The van der Waals surface area contributed by atoms with E-state index in [-0.39, 0.29) is 31.0 Å². The van der Waals surface area contributed by atoms with Crippen LogP contribution in [0.15, 0.2) is 0 Å². The third-order valence-electron chi connectivity index (χ3n) is 3.55. The van der Waals surface area contributed by atoms with Crippen molar-refractivity contribution >= 4 is 23.6 Å². The summed E-state index contributed by atoms with van der Waals surface area (Å²) in [6.07, 6.45) is 2.04. The number of rotatable bonds is 6. The van der Waals surface area contributed by atoms with Crippen LogP contribution in [0.1, 0.15) is 38.5 Å². The fourth-order valence-electron chi connectivity index (χ4n) is 2.40. The quantitative estimate of drug-likeness (QED) is 0.711. The molecular formula is C14H21NO6. The van der Waals surface area contributed by atoms with E-state index in [2.05, 4.69) is 10.1 Å². The minimum atomic E-state index is -0.843. The molecule has 0 aliphatic heterocycles. The molecule has 0 aromatic heterocycles. The van der Waals surface area contributed by atoms with Crippen molar-refractivity contribution in [3.63, 3.8) is 0 Å². The van der Waals surface area contributed by atoms with E-state index in [1.54, 1.807) is 0 Å². The fraction of sp³-hybridized carbons (Fsp3) is 0.714. The van der Waals surface area contributed by atoms with Crippen LogP contribution in [0.3, 0.4) is 0 Å². The van der Waals surface area contributed by atoms with Gasteiger partial charge in [-0.3, -0.25) is 14.4 Å². The van der Waals surface area contributed by atoms with Crippen LogP contribution in [0.25, 0.3) is 0 Å². The van der Waals surface area contributed by atoms with Gasteiger partial charge in [-0.2, -0.15) is 0 Å². The Kier molecular flexibility index (Phi) is 6.84. The predicted octanol–water partition coefficient (Wildman–Crippen LogP) is 0.357. The van der Waals surface area contributed by atoms with Gasteiger partial charge in [-0.1, -0.05) is 0 Å². The molecule has 0 unspecified atom stereocenters. The second kappa shape index (κ2) is 8.39. The summed E-state index contributed by atoms with van der Waals surface area (Å²) >= 11 is 0. The standard InChI is InChI=1S/C14H21NO6/c1-20-12(18)7-6-11(17)15-13(14(19)21-2)9-4-3-5-10(16)8-9/h9,13H,3-8H2,1-2H3,(H,15,17)/t9-,13+/m1/s1. The lowest BCUT2D eigenvalue weighted by Crippen LogP contribution is -2.48. The molecule has 7 nitrogen and oxygen atoms in total. The summed E-state index contributed by atoms with van der Waals surface area (Å²) in [6, 6.07) is -0.843. The van der Waals surface area contributed by atoms with Gasteiger partial charge in [-0.05, 0) is 18.8 Å². The molecule has 0 heterocycles. The monoisotopic (exact) mass is 299 g/mol. The summed E-state index contributed by atoms with van der Waals surface area (Å²) < 4.78 is 9.14. The van der Waals surface area contributed by atoms with Crippen molar-refractivity contribution in [2.45, 2.75) is 44.6 Å². The maximum atomic E-state index is 11.8. The summed E-state index contributed by atoms with van der Waals surface area (Å²) in [5.41, 5.74) is 0. The van der Waals surface area contributed by atoms with Crippen molar-refractivity contribution in [3.05, 3.63) is 0 Å². The topological polar surface area (TPSA) is 98.8 Å². The van der Waals surface area contributed by atoms with Gasteiger partial charge in [0.15, 0.2) is 0 Å². The van der Waals surface area contributed by atoms with Crippen LogP contribution < -0.4 is 5.32 Å². The minimum Gasteiger partial charge on any atom is -0.469 e. The van der Waals surface area contributed by atoms with Crippen molar-refractivity contribution < 1.29 is 28.7 Å². The molecule has 118 valence electrons. The Morgan fingerprint density at radius 1 is 1.24 bits per heavy atom. The first-order valence-corrected chi connectivity index (χ1v) is 6.93. The first-order valence-electron chi connectivity index (χ1n) is 6.93. The molecule has 1 aliphatic carbocycles. The van der Waals surface area contributed by atoms with E-state index in [0.29, 0.717) is 19.3 Å². The zero-order valence-electron chi connectivity index (χ0n) is 12.3. The average Bonchev–Trinajstić information content (AvgIpc) is 2.49. The summed E-state index contributed by atoms with van der Waals surface area (Å²) in [5.74, 6) is -1.66. The first kappa shape index (κ1) is 17.1. The number of methoxy groups -OCH3 is 2. The van der Waals surface area contributed by atoms with Gasteiger partial charge < -0.3 is 14.8 Å². The highest BCUT2D eigenvalue weighted by Gasteiger charge is 2.34. The number of esters is 2. The Morgan fingerprint density at radius 2 is 1.95 bits per heavy atom. The van der Waals surface area contributed by atoms with Gasteiger partial charge in [0, 0.05) is 19.3 Å². The first-order chi connectivity index (χ1) is 9.97. The van der Waals surface area contributed by atoms with Crippen molar-refractivity contribution in [2.75, 3.05) is 14.2 Å². The van der Waals surface area contributed by atoms with Gasteiger partial charge in [0.2, 0.25) is 5.91 Å². The zero-order valence-corrected chi connectivity index (χ0v) is 12.3. The lowest BCUT2D eigenvalue weighted by molar-refractivity contribution is -0.147.